The summed E-state index contributed by atoms with van der Waals surface area (Å²) in [4.78, 5) is 28.9. The Labute approximate surface area is 212 Å². The highest BCUT2D eigenvalue weighted by molar-refractivity contribution is 5.91. The third-order valence-corrected chi connectivity index (χ3v) is 8.45. The van der Waals surface area contributed by atoms with Gasteiger partial charge in [0, 0.05) is 18.2 Å². The Morgan fingerprint density at radius 2 is 1.83 bits per heavy atom. The van der Waals surface area contributed by atoms with Gasteiger partial charge in [-0.15, -0.1) is 5.10 Å². The van der Waals surface area contributed by atoms with Crippen LogP contribution in [0.1, 0.15) is 100 Å². The Morgan fingerprint density at radius 1 is 1.14 bits per heavy atom. The van der Waals surface area contributed by atoms with Crippen LogP contribution in [0.25, 0.3) is 11.4 Å². The van der Waals surface area contributed by atoms with E-state index in [0.717, 1.165) is 36.8 Å². The van der Waals surface area contributed by atoms with Crippen LogP contribution in [-0.2, 0) is 22.4 Å². The van der Waals surface area contributed by atoms with Crippen molar-refractivity contribution in [3.05, 3.63) is 35.2 Å². The fraction of sp³-hybridized carbons (Fsp3) is 0.643. The van der Waals surface area contributed by atoms with Crippen LogP contribution in [0.15, 0.2) is 18.2 Å². The molecular weight excluding hydrogens is 456 g/mol. The van der Waals surface area contributed by atoms with Gasteiger partial charge in [-0.1, -0.05) is 32.3 Å². The van der Waals surface area contributed by atoms with Crippen LogP contribution < -0.4 is 5.32 Å². The molecule has 3 aliphatic carbocycles. The second-order valence-corrected chi connectivity index (χ2v) is 12.0. The monoisotopic (exact) mass is 494 g/mol. The number of aliphatic hydroxyl groups is 1. The minimum Gasteiger partial charge on any atom is -0.481 e. The molecule has 0 spiro atoms. The number of nitrogens with one attached hydrogen (secondary N) is 1. The summed E-state index contributed by atoms with van der Waals surface area (Å²) in [6.07, 6.45) is 9.09. The molecule has 0 unspecified atom stereocenters. The van der Waals surface area contributed by atoms with Crippen LogP contribution >= 0.6 is 0 Å². The van der Waals surface area contributed by atoms with Crippen molar-refractivity contribution in [3.8, 4) is 11.4 Å². The minimum atomic E-state index is -1.00. The maximum absolute atomic E-state index is 13.0. The average molecular weight is 495 g/mol. The Hall–Kier alpha value is -2.74. The van der Waals surface area contributed by atoms with E-state index in [-0.39, 0.29) is 23.2 Å². The van der Waals surface area contributed by atoms with E-state index < -0.39 is 17.5 Å². The zero-order chi connectivity index (χ0) is 25.7. The highest BCUT2D eigenvalue weighted by atomic mass is 16.4. The molecule has 3 N–H and O–H groups in total. The molecule has 1 heterocycles. The first-order valence-corrected chi connectivity index (χ1v) is 13.4. The molecule has 2 aromatic rings. The Bertz CT molecular complexity index is 1130. The molecule has 8 nitrogen and oxygen atoms in total. The predicted octanol–water partition coefficient (Wildman–Crippen LogP) is 4.40. The van der Waals surface area contributed by atoms with Crippen LogP contribution in [0.5, 0.6) is 0 Å². The van der Waals surface area contributed by atoms with Crippen molar-refractivity contribution < 1.29 is 19.8 Å². The number of aromatic nitrogens is 3. The number of rotatable bonds is 8. The molecule has 1 aromatic carbocycles. The molecule has 3 fully saturated rings. The molecule has 8 heteroatoms. The van der Waals surface area contributed by atoms with Gasteiger partial charge < -0.3 is 15.5 Å². The van der Waals surface area contributed by atoms with E-state index in [1.165, 1.54) is 24.8 Å². The van der Waals surface area contributed by atoms with Crippen molar-refractivity contribution in [1.82, 2.24) is 20.1 Å². The number of benzene rings is 1. The highest BCUT2D eigenvalue weighted by Crippen LogP contribution is 2.49. The topological polar surface area (TPSA) is 117 Å². The average Bonchev–Trinajstić information content (AvgIpc) is 3.42. The summed E-state index contributed by atoms with van der Waals surface area (Å²) in [6.45, 7) is 6.54. The van der Waals surface area contributed by atoms with Crippen molar-refractivity contribution in [2.24, 2.45) is 11.8 Å². The first-order valence-electron chi connectivity index (χ1n) is 13.4. The van der Waals surface area contributed by atoms with Crippen molar-refractivity contribution in [3.63, 3.8) is 0 Å². The smallest absolute Gasteiger partial charge is 0.306 e. The molecule has 3 aliphatic rings. The first kappa shape index (κ1) is 24.9. The van der Waals surface area contributed by atoms with Gasteiger partial charge in [0.1, 0.15) is 0 Å². The van der Waals surface area contributed by atoms with Crippen molar-refractivity contribution in [2.45, 2.75) is 102 Å². The fourth-order valence-electron chi connectivity index (χ4n) is 5.52. The highest BCUT2D eigenvalue weighted by Gasteiger charge is 2.40. The van der Waals surface area contributed by atoms with Gasteiger partial charge >= 0.3 is 5.97 Å². The molecule has 194 valence electrons. The molecule has 0 saturated heterocycles. The van der Waals surface area contributed by atoms with Crippen molar-refractivity contribution in [2.75, 3.05) is 0 Å². The van der Waals surface area contributed by atoms with Crippen LogP contribution in [0.2, 0.25) is 0 Å². The Morgan fingerprint density at radius 3 is 2.44 bits per heavy atom. The Balaban J connectivity index is 1.48. The van der Waals surface area contributed by atoms with Gasteiger partial charge in [-0.05, 0) is 87.0 Å². The number of carbonyl (C=O) groups excluding carboxylic acids is 1. The largest absolute Gasteiger partial charge is 0.481 e. The summed E-state index contributed by atoms with van der Waals surface area (Å²) < 4.78 is 1.88. The third-order valence-electron chi connectivity index (χ3n) is 8.45. The summed E-state index contributed by atoms with van der Waals surface area (Å²) >= 11 is 0. The summed E-state index contributed by atoms with van der Waals surface area (Å²) in [7, 11) is 0. The van der Waals surface area contributed by atoms with Gasteiger partial charge in [0.15, 0.2) is 5.82 Å². The summed E-state index contributed by atoms with van der Waals surface area (Å²) in [5, 5.41) is 27.5. The number of hydrogen-bond donors (Lipinski definition) is 3. The number of carboxylic acids is 1. The maximum Gasteiger partial charge on any atom is 0.306 e. The second kappa shape index (κ2) is 9.29. The number of nitrogens with zero attached hydrogens (tertiary/aromatic N) is 3. The molecule has 0 atom stereocenters. The van der Waals surface area contributed by atoms with E-state index in [2.05, 4.69) is 29.5 Å². The summed E-state index contributed by atoms with van der Waals surface area (Å²) in [5.74, 6) is -0.304. The van der Waals surface area contributed by atoms with E-state index in [1.54, 1.807) is 13.8 Å². The van der Waals surface area contributed by atoms with Gasteiger partial charge in [0.2, 0.25) is 5.82 Å². The summed E-state index contributed by atoms with van der Waals surface area (Å²) in [5.41, 5.74) is 1.99. The quantitative estimate of drug-likeness (QED) is 0.501. The number of hydrogen-bond acceptors (Lipinski definition) is 5. The fourth-order valence-corrected chi connectivity index (χ4v) is 5.52. The Kier molecular flexibility index (Phi) is 6.43. The number of carboxylic acid groups (broad SMARTS) is 1. The standard InChI is InChI=1S/C28H38N4O4/c1-27(2,36)20-11-18(12-21(15-20)28(3)9-10-28)24-30-23(25(33)29-22-13-19(14-22)26(34)35)31-32(24)16-17-7-5-4-6-8-17/h11-12,15,17,19,22,36H,4-10,13-14,16H2,1-3H3,(H,29,33)(H,34,35)/t19-,22-. The van der Waals surface area contributed by atoms with Crippen molar-refractivity contribution in [1.29, 1.82) is 0 Å². The molecule has 1 aromatic heterocycles. The molecule has 0 bridgehead atoms. The number of amides is 1. The van der Waals surface area contributed by atoms with Crippen LogP contribution in [0, 0.1) is 11.8 Å². The van der Waals surface area contributed by atoms with Gasteiger partial charge in [-0.3, -0.25) is 9.59 Å². The lowest BCUT2D eigenvalue weighted by Gasteiger charge is -2.32. The van der Waals surface area contributed by atoms with Gasteiger partial charge in [0.05, 0.1) is 11.5 Å². The van der Waals surface area contributed by atoms with Gasteiger partial charge in [-0.25, -0.2) is 9.67 Å². The lowest BCUT2D eigenvalue weighted by atomic mass is 9.80. The van der Waals surface area contributed by atoms with E-state index in [4.69, 9.17) is 10.1 Å². The number of aliphatic carboxylic acids is 1. The molecule has 0 radical (unpaired) electrons. The third kappa shape index (κ3) is 5.19. The molecule has 5 rings (SSSR count). The first-order chi connectivity index (χ1) is 17.0. The lowest BCUT2D eigenvalue weighted by molar-refractivity contribution is -0.145. The number of carbonyl (C=O) groups is 2. The van der Waals surface area contributed by atoms with Crippen LogP contribution in [0.4, 0.5) is 0 Å². The van der Waals surface area contributed by atoms with E-state index in [1.807, 2.05) is 10.7 Å². The van der Waals surface area contributed by atoms with E-state index >= 15 is 0 Å². The summed E-state index contributed by atoms with van der Waals surface area (Å²) in [6, 6.07) is 6.06. The molecule has 36 heavy (non-hydrogen) atoms. The zero-order valence-electron chi connectivity index (χ0n) is 21.6. The molecule has 1 amide bonds. The lowest BCUT2D eigenvalue weighted by Crippen LogP contribution is -2.47. The minimum absolute atomic E-state index is 0.106. The van der Waals surface area contributed by atoms with Gasteiger partial charge in [-0.2, -0.15) is 0 Å². The van der Waals surface area contributed by atoms with Crippen molar-refractivity contribution >= 4 is 11.9 Å². The maximum atomic E-state index is 13.0. The molecule has 0 aliphatic heterocycles. The second-order valence-electron chi connectivity index (χ2n) is 12.0. The van der Waals surface area contributed by atoms with E-state index in [9.17, 15) is 14.7 Å². The molecular formula is C28H38N4O4. The predicted molar refractivity (Wildman–Crippen MR) is 135 cm³/mol. The van der Waals surface area contributed by atoms with Crippen LogP contribution in [0.3, 0.4) is 0 Å². The van der Waals surface area contributed by atoms with Crippen LogP contribution in [-0.4, -0.2) is 42.9 Å². The van der Waals surface area contributed by atoms with E-state index in [0.29, 0.717) is 31.1 Å². The molecule has 3 saturated carbocycles. The van der Waals surface area contributed by atoms with Gasteiger partial charge in [0.25, 0.3) is 5.91 Å². The zero-order valence-corrected chi connectivity index (χ0v) is 21.6. The SMILES string of the molecule is CC(C)(O)c1cc(-c2nc(C(=O)N[C@H]3C[C@H](C(=O)O)C3)nn2CC2CCCCC2)cc(C2(C)CC2)c1. The normalized spacial score (nSPS) is 23.7.